The van der Waals surface area contributed by atoms with Gasteiger partial charge in [0.2, 0.25) is 5.91 Å². The summed E-state index contributed by atoms with van der Waals surface area (Å²) in [6, 6.07) is 10.6. The minimum Gasteiger partial charge on any atom is -0.350 e. The van der Waals surface area contributed by atoms with Crippen molar-refractivity contribution in [1.29, 1.82) is 0 Å². The van der Waals surface area contributed by atoms with E-state index < -0.39 is 5.41 Å². The summed E-state index contributed by atoms with van der Waals surface area (Å²) in [5, 5.41) is 3.00. The second kappa shape index (κ2) is 6.50. The summed E-state index contributed by atoms with van der Waals surface area (Å²) < 4.78 is 15.3. The molecule has 1 aliphatic rings. The first-order chi connectivity index (χ1) is 10.6. The van der Waals surface area contributed by atoms with Crippen molar-refractivity contribution in [2.45, 2.75) is 37.6 Å². The molecule has 1 aromatic carbocycles. The first-order valence-electron chi connectivity index (χ1n) is 7.39. The maximum atomic E-state index is 14.2. The van der Waals surface area contributed by atoms with Gasteiger partial charge < -0.3 is 5.32 Å². The minimum absolute atomic E-state index is 0.0559. The van der Waals surface area contributed by atoms with E-state index in [0.29, 0.717) is 24.9 Å². The lowest BCUT2D eigenvalue weighted by atomic mass is 9.77. The van der Waals surface area contributed by atoms with Crippen molar-refractivity contribution in [3.05, 3.63) is 56.4 Å². The standard InChI is InChI=1S/C17H17BrFNOS/c18-15-8-7-12(22-15)11-20-16(21)17(9-3-4-10-17)13-5-1-2-6-14(13)19/h1-2,5-8H,3-4,9-11H2,(H,20,21). The van der Waals surface area contributed by atoms with E-state index in [1.54, 1.807) is 23.5 Å². The molecule has 0 unspecified atom stereocenters. The van der Waals surface area contributed by atoms with Gasteiger partial charge >= 0.3 is 0 Å². The van der Waals surface area contributed by atoms with Gasteiger partial charge in [0.15, 0.2) is 0 Å². The molecule has 0 aliphatic heterocycles. The molecule has 0 atom stereocenters. The Morgan fingerprint density at radius 2 is 1.95 bits per heavy atom. The van der Waals surface area contributed by atoms with Gasteiger partial charge in [0.05, 0.1) is 15.7 Å². The van der Waals surface area contributed by atoms with Gasteiger partial charge in [-0.05, 0) is 47.0 Å². The van der Waals surface area contributed by atoms with E-state index in [9.17, 15) is 9.18 Å². The van der Waals surface area contributed by atoms with Crippen LogP contribution in [-0.2, 0) is 16.8 Å². The van der Waals surface area contributed by atoms with Gasteiger partial charge in [-0.3, -0.25) is 4.79 Å². The van der Waals surface area contributed by atoms with E-state index in [0.717, 1.165) is 21.5 Å². The van der Waals surface area contributed by atoms with Gasteiger partial charge in [0.1, 0.15) is 5.82 Å². The van der Waals surface area contributed by atoms with Crippen molar-refractivity contribution in [1.82, 2.24) is 5.32 Å². The van der Waals surface area contributed by atoms with Crippen LogP contribution in [0.2, 0.25) is 0 Å². The Morgan fingerprint density at radius 3 is 2.59 bits per heavy atom. The summed E-state index contributed by atoms with van der Waals surface area (Å²) in [6.45, 7) is 0.491. The number of carbonyl (C=O) groups is 1. The molecule has 1 aliphatic carbocycles. The van der Waals surface area contributed by atoms with Gasteiger partial charge in [-0.1, -0.05) is 31.0 Å². The first kappa shape index (κ1) is 15.7. The highest BCUT2D eigenvalue weighted by Gasteiger charge is 2.44. The largest absolute Gasteiger partial charge is 0.350 e. The second-order valence-electron chi connectivity index (χ2n) is 5.66. The highest BCUT2D eigenvalue weighted by Crippen LogP contribution is 2.42. The van der Waals surface area contributed by atoms with Crippen LogP contribution in [0.1, 0.15) is 36.1 Å². The zero-order valence-electron chi connectivity index (χ0n) is 12.1. The third kappa shape index (κ3) is 2.97. The number of hydrogen-bond donors (Lipinski definition) is 1. The molecular formula is C17H17BrFNOS. The quantitative estimate of drug-likeness (QED) is 0.810. The van der Waals surface area contributed by atoms with Crippen LogP contribution in [0.4, 0.5) is 4.39 Å². The molecule has 1 heterocycles. The predicted molar refractivity (Wildman–Crippen MR) is 90.4 cm³/mol. The Bertz CT molecular complexity index is 679. The molecule has 5 heteroatoms. The third-order valence-electron chi connectivity index (χ3n) is 4.33. The lowest BCUT2D eigenvalue weighted by molar-refractivity contribution is -0.126. The second-order valence-corrected chi connectivity index (χ2v) is 8.21. The number of carbonyl (C=O) groups excluding carboxylic acids is 1. The van der Waals surface area contributed by atoms with Crippen LogP contribution >= 0.6 is 27.3 Å². The smallest absolute Gasteiger partial charge is 0.231 e. The Morgan fingerprint density at radius 1 is 1.23 bits per heavy atom. The Labute approximate surface area is 141 Å². The molecule has 3 rings (SSSR count). The van der Waals surface area contributed by atoms with Gasteiger partial charge in [0, 0.05) is 10.4 Å². The lowest BCUT2D eigenvalue weighted by Gasteiger charge is -2.28. The number of thiophene rings is 1. The Hall–Kier alpha value is -1.20. The molecule has 2 nitrogen and oxygen atoms in total. The number of benzene rings is 1. The molecule has 1 aromatic heterocycles. The fourth-order valence-corrected chi connectivity index (χ4v) is 4.65. The van der Waals surface area contributed by atoms with E-state index in [2.05, 4.69) is 21.2 Å². The minimum atomic E-state index is -0.708. The molecule has 1 saturated carbocycles. The van der Waals surface area contributed by atoms with E-state index in [-0.39, 0.29) is 11.7 Å². The van der Waals surface area contributed by atoms with Crippen LogP contribution in [0, 0.1) is 5.82 Å². The van der Waals surface area contributed by atoms with E-state index in [1.807, 2.05) is 18.2 Å². The van der Waals surface area contributed by atoms with Crippen molar-refractivity contribution in [3.63, 3.8) is 0 Å². The molecule has 1 N–H and O–H groups in total. The van der Waals surface area contributed by atoms with E-state index >= 15 is 0 Å². The molecule has 0 radical (unpaired) electrons. The number of nitrogens with one attached hydrogen (secondary N) is 1. The van der Waals surface area contributed by atoms with Crippen molar-refractivity contribution < 1.29 is 9.18 Å². The lowest BCUT2D eigenvalue weighted by Crippen LogP contribution is -2.42. The normalized spacial score (nSPS) is 16.6. The fraction of sp³-hybridized carbons (Fsp3) is 0.353. The maximum absolute atomic E-state index is 14.2. The van der Waals surface area contributed by atoms with Gasteiger partial charge in [-0.15, -0.1) is 11.3 Å². The molecule has 0 bridgehead atoms. The van der Waals surface area contributed by atoms with E-state index in [4.69, 9.17) is 0 Å². The predicted octanol–water partition coefficient (Wildman–Crippen LogP) is 4.78. The molecule has 22 heavy (non-hydrogen) atoms. The van der Waals surface area contributed by atoms with E-state index in [1.165, 1.54) is 6.07 Å². The molecule has 0 spiro atoms. The fourth-order valence-electron chi connectivity index (χ4n) is 3.23. The van der Waals surface area contributed by atoms with Crippen LogP contribution in [-0.4, -0.2) is 5.91 Å². The number of hydrogen-bond acceptors (Lipinski definition) is 2. The SMILES string of the molecule is O=C(NCc1ccc(Br)s1)C1(c2ccccc2F)CCCC1. The summed E-state index contributed by atoms with van der Waals surface area (Å²) in [7, 11) is 0. The number of halogens is 2. The molecule has 1 amide bonds. The van der Waals surface area contributed by atoms with Crippen molar-refractivity contribution in [3.8, 4) is 0 Å². The van der Waals surface area contributed by atoms with Gasteiger partial charge in [-0.25, -0.2) is 4.39 Å². The van der Waals surface area contributed by atoms with Gasteiger partial charge in [-0.2, -0.15) is 0 Å². The average molecular weight is 382 g/mol. The highest BCUT2D eigenvalue weighted by atomic mass is 79.9. The zero-order valence-corrected chi connectivity index (χ0v) is 14.5. The topological polar surface area (TPSA) is 29.1 Å². The number of rotatable bonds is 4. The van der Waals surface area contributed by atoms with Crippen molar-refractivity contribution in [2.24, 2.45) is 0 Å². The molecular weight excluding hydrogens is 365 g/mol. The highest BCUT2D eigenvalue weighted by molar-refractivity contribution is 9.11. The summed E-state index contributed by atoms with van der Waals surface area (Å²) >= 11 is 5.02. The van der Waals surface area contributed by atoms with Crippen molar-refractivity contribution in [2.75, 3.05) is 0 Å². The maximum Gasteiger partial charge on any atom is 0.231 e. The van der Waals surface area contributed by atoms with Crippen LogP contribution < -0.4 is 5.32 Å². The average Bonchev–Trinajstić information content (AvgIpc) is 3.15. The molecule has 1 fully saturated rings. The summed E-state index contributed by atoms with van der Waals surface area (Å²) in [4.78, 5) is 13.9. The van der Waals surface area contributed by atoms with Crippen LogP contribution in [0.5, 0.6) is 0 Å². The molecule has 2 aromatic rings. The summed E-state index contributed by atoms with van der Waals surface area (Å²) in [5.41, 5.74) is -0.169. The molecule has 0 saturated heterocycles. The third-order valence-corrected chi connectivity index (χ3v) is 5.96. The van der Waals surface area contributed by atoms with Crippen molar-refractivity contribution >= 4 is 33.2 Å². The molecule has 116 valence electrons. The van der Waals surface area contributed by atoms with Crippen LogP contribution in [0.25, 0.3) is 0 Å². The Kier molecular flexibility index (Phi) is 4.64. The summed E-state index contributed by atoms with van der Waals surface area (Å²) in [6.07, 6.45) is 3.36. The van der Waals surface area contributed by atoms with Gasteiger partial charge in [0.25, 0.3) is 0 Å². The van der Waals surface area contributed by atoms with Crippen LogP contribution in [0.3, 0.4) is 0 Å². The number of amides is 1. The summed E-state index contributed by atoms with van der Waals surface area (Å²) in [5.74, 6) is -0.335. The Balaban J connectivity index is 1.81. The van der Waals surface area contributed by atoms with Crippen LogP contribution in [0.15, 0.2) is 40.2 Å². The zero-order chi connectivity index (χ0) is 15.6. The monoisotopic (exact) mass is 381 g/mol. The first-order valence-corrected chi connectivity index (χ1v) is 9.00.